The number of methoxy groups -OCH3 is 2. The summed E-state index contributed by atoms with van der Waals surface area (Å²) in [5, 5.41) is 0. The van der Waals surface area contributed by atoms with E-state index in [1.165, 1.54) is 18.2 Å². The zero-order valence-corrected chi connectivity index (χ0v) is 17.1. The van der Waals surface area contributed by atoms with Crippen LogP contribution in [0.1, 0.15) is 11.1 Å². The molecule has 1 heterocycles. The van der Waals surface area contributed by atoms with Gasteiger partial charge in [0.25, 0.3) is 0 Å². The van der Waals surface area contributed by atoms with Crippen molar-refractivity contribution in [2.75, 3.05) is 40.4 Å². The summed E-state index contributed by atoms with van der Waals surface area (Å²) >= 11 is 0. The third-order valence-electron chi connectivity index (χ3n) is 5.04. The van der Waals surface area contributed by atoms with Crippen molar-refractivity contribution in [3.05, 3.63) is 65.5 Å². The molecule has 6 nitrogen and oxygen atoms in total. The van der Waals surface area contributed by atoms with Gasteiger partial charge in [0.05, 0.1) is 20.6 Å². The van der Waals surface area contributed by atoms with Crippen LogP contribution in [0.15, 0.2) is 48.5 Å². The van der Waals surface area contributed by atoms with Crippen molar-refractivity contribution in [1.29, 1.82) is 0 Å². The predicted octanol–water partition coefficient (Wildman–Crippen LogP) is 2.77. The van der Waals surface area contributed by atoms with E-state index in [4.69, 9.17) is 9.47 Å². The first kappa shape index (κ1) is 21.4. The van der Waals surface area contributed by atoms with Gasteiger partial charge in [-0.25, -0.2) is 4.39 Å². The Morgan fingerprint density at radius 2 is 1.57 bits per heavy atom. The Morgan fingerprint density at radius 3 is 2.20 bits per heavy atom. The van der Waals surface area contributed by atoms with Gasteiger partial charge in [-0.1, -0.05) is 18.2 Å². The van der Waals surface area contributed by atoms with E-state index in [1.54, 1.807) is 54.4 Å². The van der Waals surface area contributed by atoms with Gasteiger partial charge in [-0.2, -0.15) is 0 Å². The van der Waals surface area contributed by atoms with E-state index in [0.29, 0.717) is 37.7 Å². The third-order valence-corrected chi connectivity index (χ3v) is 5.04. The second-order valence-electron chi connectivity index (χ2n) is 6.96. The number of halogens is 1. The maximum atomic E-state index is 13.0. The van der Waals surface area contributed by atoms with E-state index < -0.39 is 0 Å². The lowest BCUT2D eigenvalue weighted by atomic mass is 10.1. The van der Waals surface area contributed by atoms with Gasteiger partial charge in [-0.3, -0.25) is 9.59 Å². The molecule has 0 aromatic heterocycles. The standard InChI is InChI=1S/C23H25FN2O4/c1-29-20-9-5-17(15-21(20)30-2)6-10-22(27)25-11-13-26(14-12-25)23(28)16-18-3-7-19(24)8-4-18/h3-10,15H,11-14,16H2,1-2H3/b10-6+. The smallest absolute Gasteiger partial charge is 0.246 e. The van der Waals surface area contributed by atoms with E-state index in [1.807, 2.05) is 6.07 Å². The summed E-state index contributed by atoms with van der Waals surface area (Å²) in [6, 6.07) is 11.4. The van der Waals surface area contributed by atoms with Crippen molar-refractivity contribution >= 4 is 17.9 Å². The van der Waals surface area contributed by atoms with Crippen LogP contribution in [0.5, 0.6) is 11.5 Å². The summed E-state index contributed by atoms with van der Waals surface area (Å²) in [5.74, 6) is 0.784. The molecular formula is C23H25FN2O4. The predicted molar refractivity (Wildman–Crippen MR) is 112 cm³/mol. The largest absolute Gasteiger partial charge is 0.493 e. The molecule has 0 unspecified atom stereocenters. The van der Waals surface area contributed by atoms with Gasteiger partial charge < -0.3 is 19.3 Å². The zero-order chi connectivity index (χ0) is 21.5. The SMILES string of the molecule is COc1ccc(/C=C/C(=O)N2CCN(C(=O)Cc3ccc(F)cc3)CC2)cc1OC. The molecule has 0 spiro atoms. The number of carbonyl (C=O) groups is 2. The molecule has 2 amide bonds. The molecule has 0 radical (unpaired) electrons. The molecule has 3 rings (SSSR count). The summed E-state index contributed by atoms with van der Waals surface area (Å²) < 4.78 is 23.5. The first-order chi connectivity index (χ1) is 14.5. The molecule has 1 aliphatic heterocycles. The Hall–Kier alpha value is -3.35. The molecule has 0 aliphatic carbocycles. The molecule has 0 N–H and O–H groups in total. The minimum absolute atomic E-state index is 0.0189. The van der Waals surface area contributed by atoms with Gasteiger partial charge in [0.15, 0.2) is 11.5 Å². The second kappa shape index (κ2) is 9.91. The maximum absolute atomic E-state index is 13.0. The molecule has 1 fully saturated rings. The minimum Gasteiger partial charge on any atom is -0.493 e. The lowest BCUT2D eigenvalue weighted by molar-refractivity contribution is -0.136. The van der Waals surface area contributed by atoms with Crippen molar-refractivity contribution in [3.8, 4) is 11.5 Å². The number of hydrogen-bond donors (Lipinski definition) is 0. The molecule has 7 heteroatoms. The summed E-state index contributed by atoms with van der Waals surface area (Å²) in [6.45, 7) is 1.92. The van der Waals surface area contributed by atoms with Crippen LogP contribution in [0, 0.1) is 5.82 Å². The van der Waals surface area contributed by atoms with Gasteiger partial charge in [0, 0.05) is 32.3 Å². The number of rotatable bonds is 6. The van der Waals surface area contributed by atoms with Crippen molar-refractivity contribution in [2.45, 2.75) is 6.42 Å². The first-order valence-corrected chi connectivity index (χ1v) is 9.71. The van der Waals surface area contributed by atoms with Gasteiger partial charge in [0.2, 0.25) is 11.8 Å². The lowest BCUT2D eigenvalue weighted by Gasteiger charge is -2.34. The van der Waals surface area contributed by atoms with Gasteiger partial charge in [-0.05, 0) is 41.5 Å². The summed E-state index contributed by atoms with van der Waals surface area (Å²) in [5.41, 5.74) is 1.60. The number of benzene rings is 2. The fourth-order valence-electron chi connectivity index (χ4n) is 3.29. The van der Waals surface area contributed by atoms with Crippen LogP contribution in [-0.2, 0) is 16.0 Å². The fourth-order valence-corrected chi connectivity index (χ4v) is 3.29. The molecule has 1 aliphatic rings. The molecule has 2 aromatic carbocycles. The van der Waals surface area contributed by atoms with E-state index in [0.717, 1.165) is 11.1 Å². The molecule has 1 saturated heterocycles. The Kier molecular flexibility index (Phi) is 7.06. The Balaban J connectivity index is 1.51. The zero-order valence-electron chi connectivity index (χ0n) is 17.1. The fraction of sp³-hybridized carbons (Fsp3) is 0.304. The number of ether oxygens (including phenoxy) is 2. The monoisotopic (exact) mass is 412 g/mol. The summed E-state index contributed by atoms with van der Waals surface area (Å²) in [6.07, 6.45) is 3.49. The lowest BCUT2D eigenvalue weighted by Crippen LogP contribution is -2.50. The van der Waals surface area contributed by atoms with E-state index in [2.05, 4.69) is 0 Å². The summed E-state index contributed by atoms with van der Waals surface area (Å²) in [7, 11) is 3.13. The minimum atomic E-state index is -0.320. The maximum Gasteiger partial charge on any atom is 0.246 e. The first-order valence-electron chi connectivity index (χ1n) is 9.71. The average molecular weight is 412 g/mol. The highest BCUT2D eigenvalue weighted by Gasteiger charge is 2.23. The van der Waals surface area contributed by atoms with Crippen molar-refractivity contribution in [2.24, 2.45) is 0 Å². The normalized spacial score (nSPS) is 14.1. The molecule has 0 bridgehead atoms. The van der Waals surface area contributed by atoms with Crippen LogP contribution in [0.3, 0.4) is 0 Å². The molecule has 0 atom stereocenters. The Labute approximate surface area is 175 Å². The number of nitrogens with zero attached hydrogens (tertiary/aromatic N) is 2. The van der Waals surface area contributed by atoms with Crippen LogP contribution in [-0.4, -0.2) is 62.0 Å². The number of hydrogen-bond acceptors (Lipinski definition) is 4. The van der Waals surface area contributed by atoms with Gasteiger partial charge in [0.1, 0.15) is 5.82 Å². The third kappa shape index (κ3) is 5.37. The van der Waals surface area contributed by atoms with E-state index in [-0.39, 0.29) is 24.1 Å². The van der Waals surface area contributed by atoms with Crippen LogP contribution in [0.25, 0.3) is 6.08 Å². The molecule has 30 heavy (non-hydrogen) atoms. The average Bonchev–Trinajstić information content (AvgIpc) is 2.78. The van der Waals surface area contributed by atoms with Crippen LogP contribution < -0.4 is 9.47 Å². The topological polar surface area (TPSA) is 59.1 Å². The van der Waals surface area contributed by atoms with E-state index >= 15 is 0 Å². The van der Waals surface area contributed by atoms with Crippen LogP contribution in [0.4, 0.5) is 4.39 Å². The molecule has 0 saturated carbocycles. The van der Waals surface area contributed by atoms with Crippen LogP contribution >= 0.6 is 0 Å². The highest BCUT2D eigenvalue weighted by molar-refractivity contribution is 5.92. The summed E-state index contributed by atoms with van der Waals surface area (Å²) in [4.78, 5) is 28.4. The van der Waals surface area contributed by atoms with Crippen LogP contribution in [0.2, 0.25) is 0 Å². The highest BCUT2D eigenvalue weighted by atomic mass is 19.1. The second-order valence-corrected chi connectivity index (χ2v) is 6.96. The number of piperazine rings is 1. The molecule has 2 aromatic rings. The Morgan fingerprint density at radius 1 is 0.933 bits per heavy atom. The number of carbonyl (C=O) groups excluding carboxylic acids is 2. The van der Waals surface area contributed by atoms with Gasteiger partial charge in [-0.15, -0.1) is 0 Å². The van der Waals surface area contributed by atoms with Crippen molar-refractivity contribution in [3.63, 3.8) is 0 Å². The number of amides is 2. The molecule has 158 valence electrons. The quantitative estimate of drug-likeness (QED) is 0.685. The van der Waals surface area contributed by atoms with Gasteiger partial charge >= 0.3 is 0 Å². The van der Waals surface area contributed by atoms with E-state index in [9.17, 15) is 14.0 Å². The van der Waals surface area contributed by atoms with Crippen molar-refractivity contribution in [1.82, 2.24) is 9.80 Å². The Bertz CT molecular complexity index is 919. The highest BCUT2D eigenvalue weighted by Crippen LogP contribution is 2.28. The molecular weight excluding hydrogens is 387 g/mol. The van der Waals surface area contributed by atoms with Crippen molar-refractivity contribution < 1.29 is 23.5 Å².